The predicted molar refractivity (Wildman–Crippen MR) is 268 cm³/mol. The standard InChI is InChI=1S/C58H80O8/c1-17-21-63-51-37-23-41-31-47(57(11,12)13)33-43(53(41)65-35-49(59)61-19-3)25-39-29-46(56(8,9)10)30-40(52(39)64-22-18-2)26-44-34-48(58(14,15)16)32-42(54(44)66-36-50(60)62-20-4)24-38(51)28-45(27-37)55(5,6)7/h27-34H,17-26,35-36H2,1-16H3. The highest BCUT2D eigenvalue weighted by atomic mass is 16.6. The van der Waals surface area contributed by atoms with Crippen molar-refractivity contribution < 1.29 is 38.0 Å². The number of carbonyl (C=O) groups is 2. The molecule has 0 fully saturated rings. The van der Waals surface area contributed by atoms with Crippen LogP contribution in [-0.2, 0) is 66.4 Å². The lowest BCUT2D eigenvalue weighted by molar-refractivity contribution is -0.146. The number of hydrogen-bond donors (Lipinski definition) is 0. The van der Waals surface area contributed by atoms with Crippen LogP contribution in [0.5, 0.6) is 23.0 Å². The fourth-order valence-corrected chi connectivity index (χ4v) is 8.44. The molecule has 0 saturated carbocycles. The summed E-state index contributed by atoms with van der Waals surface area (Å²) in [6.45, 7) is 35.9. The third-order valence-electron chi connectivity index (χ3n) is 12.1. The molecule has 0 N–H and O–H groups in total. The molecule has 0 unspecified atom stereocenters. The Bertz CT molecular complexity index is 2080. The molecule has 0 saturated heterocycles. The number of esters is 2. The Morgan fingerprint density at radius 1 is 0.379 bits per heavy atom. The van der Waals surface area contributed by atoms with Crippen molar-refractivity contribution in [2.45, 2.75) is 171 Å². The van der Waals surface area contributed by atoms with Crippen LogP contribution in [-0.4, -0.2) is 51.6 Å². The topological polar surface area (TPSA) is 89.5 Å². The first-order valence-electron chi connectivity index (χ1n) is 24.3. The van der Waals surface area contributed by atoms with Crippen LogP contribution in [0, 0.1) is 0 Å². The highest BCUT2D eigenvalue weighted by Gasteiger charge is 2.30. The number of fused-ring (bicyclic) bond motifs is 8. The van der Waals surface area contributed by atoms with Gasteiger partial charge in [-0.1, -0.05) is 145 Å². The van der Waals surface area contributed by atoms with Gasteiger partial charge in [0.25, 0.3) is 0 Å². The van der Waals surface area contributed by atoms with E-state index in [1.807, 2.05) is 13.8 Å². The van der Waals surface area contributed by atoms with Gasteiger partial charge < -0.3 is 28.4 Å². The molecule has 4 aromatic rings. The SMILES string of the molecule is CCCOc1c2cc(C(C)(C)C)cc1Cc1cc(C(C)(C)C)cc(c1OCC(=O)OCC)Cc1cc(C(C)(C)C)cc(c1OCCC)Cc1cc(C(C)(C)C)cc(c1OCC(=O)OCC)C2. The molecule has 8 bridgehead atoms. The molecule has 8 heteroatoms. The quantitative estimate of drug-likeness (QED) is 0.102. The molecule has 0 aliphatic heterocycles. The van der Waals surface area contributed by atoms with Gasteiger partial charge in [-0.15, -0.1) is 0 Å². The second-order valence-corrected chi connectivity index (χ2v) is 22.1. The highest BCUT2D eigenvalue weighted by Crippen LogP contribution is 2.44. The van der Waals surface area contributed by atoms with Crippen LogP contribution in [0.25, 0.3) is 0 Å². The van der Waals surface area contributed by atoms with Gasteiger partial charge in [-0.05, 0) is 115 Å². The first-order valence-corrected chi connectivity index (χ1v) is 24.3. The summed E-state index contributed by atoms with van der Waals surface area (Å²) in [6.07, 6.45) is 3.58. The Labute approximate surface area is 397 Å². The van der Waals surface area contributed by atoms with Crippen LogP contribution in [0.15, 0.2) is 48.5 Å². The van der Waals surface area contributed by atoms with Gasteiger partial charge in [0.05, 0.1) is 26.4 Å². The van der Waals surface area contributed by atoms with E-state index in [2.05, 4.69) is 145 Å². The van der Waals surface area contributed by atoms with E-state index in [4.69, 9.17) is 28.4 Å². The van der Waals surface area contributed by atoms with E-state index in [0.717, 1.165) is 80.0 Å². The zero-order valence-corrected chi connectivity index (χ0v) is 43.4. The number of carbonyl (C=O) groups excluding carboxylic acids is 2. The van der Waals surface area contributed by atoms with E-state index < -0.39 is 11.9 Å². The number of hydrogen-bond acceptors (Lipinski definition) is 8. The van der Waals surface area contributed by atoms with Gasteiger partial charge >= 0.3 is 11.9 Å². The normalized spacial score (nSPS) is 13.2. The fourth-order valence-electron chi connectivity index (χ4n) is 8.44. The molecule has 0 amide bonds. The lowest BCUT2D eigenvalue weighted by atomic mass is 9.79. The average molecular weight is 905 g/mol. The molecule has 0 aromatic heterocycles. The maximum absolute atomic E-state index is 13.1. The first-order chi connectivity index (χ1) is 30.9. The van der Waals surface area contributed by atoms with E-state index in [1.54, 1.807) is 0 Å². The lowest BCUT2D eigenvalue weighted by Crippen LogP contribution is -2.20. The van der Waals surface area contributed by atoms with E-state index in [9.17, 15) is 9.59 Å². The van der Waals surface area contributed by atoms with Crippen LogP contribution in [0.1, 0.15) is 190 Å². The van der Waals surface area contributed by atoms with Gasteiger partial charge in [-0.25, -0.2) is 9.59 Å². The summed E-state index contributed by atoms with van der Waals surface area (Å²) in [5.74, 6) is 2.16. The summed E-state index contributed by atoms with van der Waals surface area (Å²) in [5.41, 5.74) is 11.8. The molecule has 8 nitrogen and oxygen atoms in total. The summed E-state index contributed by atoms with van der Waals surface area (Å²) < 4.78 is 38.1. The molecule has 66 heavy (non-hydrogen) atoms. The van der Waals surface area contributed by atoms with Crippen molar-refractivity contribution >= 4 is 11.9 Å². The molecule has 0 radical (unpaired) electrons. The van der Waals surface area contributed by atoms with Gasteiger partial charge in [0.1, 0.15) is 23.0 Å². The Hall–Kier alpha value is -4.98. The molecule has 0 atom stereocenters. The van der Waals surface area contributed by atoms with E-state index in [0.29, 0.717) is 50.4 Å². The fraction of sp³-hybridized carbons (Fsp3) is 0.552. The minimum atomic E-state index is -0.416. The molecule has 0 spiro atoms. The van der Waals surface area contributed by atoms with Gasteiger partial charge in [-0.3, -0.25) is 0 Å². The third-order valence-corrected chi connectivity index (χ3v) is 12.1. The van der Waals surface area contributed by atoms with E-state index in [1.165, 1.54) is 11.1 Å². The summed E-state index contributed by atoms with van der Waals surface area (Å²) in [7, 11) is 0. The summed E-state index contributed by atoms with van der Waals surface area (Å²) in [5, 5.41) is 0. The van der Waals surface area contributed by atoms with Gasteiger partial charge in [0.2, 0.25) is 0 Å². The molecule has 4 aromatic carbocycles. The average Bonchev–Trinajstić information content (AvgIpc) is 3.20. The van der Waals surface area contributed by atoms with E-state index in [-0.39, 0.29) is 48.1 Å². The Morgan fingerprint density at radius 3 is 0.773 bits per heavy atom. The van der Waals surface area contributed by atoms with Crippen LogP contribution in [0.4, 0.5) is 0 Å². The Balaban J connectivity index is 2.02. The van der Waals surface area contributed by atoms with Crippen molar-refractivity contribution in [2.24, 2.45) is 0 Å². The smallest absolute Gasteiger partial charge is 0.344 e. The molecule has 0 heterocycles. The van der Waals surface area contributed by atoms with E-state index >= 15 is 0 Å². The van der Waals surface area contributed by atoms with Crippen molar-refractivity contribution in [3.8, 4) is 23.0 Å². The van der Waals surface area contributed by atoms with Crippen LogP contribution < -0.4 is 18.9 Å². The predicted octanol–water partition coefficient (Wildman–Crippen LogP) is 13.0. The third kappa shape index (κ3) is 13.1. The maximum atomic E-state index is 13.1. The van der Waals surface area contributed by atoms with Crippen molar-refractivity contribution in [1.29, 1.82) is 0 Å². The number of ether oxygens (including phenoxy) is 6. The number of benzene rings is 4. The Kier molecular flexibility index (Phi) is 16.8. The van der Waals surface area contributed by atoms with Crippen LogP contribution in [0.3, 0.4) is 0 Å². The molecule has 1 aliphatic carbocycles. The van der Waals surface area contributed by atoms with Gasteiger partial charge in [0.15, 0.2) is 13.2 Å². The minimum Gasteiger partial charge on any atom is -0.493 e. The second kappa shape index (κ2) is 21.3. The molecule has 1 aliphatic rings. The molecule has 5 rings (SSSR count). The first kappa shape index (κ1) is 52.0. The van der Waals surface area contributed by atoms with Gasteiger partial charge in [-0.2, -0.15) is 0 Å². The zero-order valence-electron chi connectivity index (χ0n) is 43.4. The van der Waals surface area contributed by atoms with Gasteiger partial charge in [0, 0.05) is 25.7 Å². The van der Waals surface area contributed by atoms with Crippen molar-refractivity contribution in [3.05, 3.63) is 115 Å². The van der Waals surface area contributed by atoms with Crippen molar-refractivity contribution in [2.75, 3.05) is 39.6 Å². The summed E-state index contributed by atoms with van der Waals surface area (Å²) in [4.78, 5) is 26.3. The van der Waals surface area contributed by atoms with Crippen LogP contribution in [0.2, 0.25) is 0 Å². The van der Waals surface area contributed by atoms with Crippen molar-refractivity contribution in [1.82, 2.24) is 0 Å². The Morgan fingerprint density at radius 2 is 0.591 bits per heavy atom. The van der Waals surface area contributed by atoms with Crippen LogP contribution >= 0.6 is 0 Å². The minimum absolute atomic E-state index is 0.209. The zero-order chi connectivity index (χ0) is 48.8. The molecule has 360 valence electrons. The van der Waals surface area contributed by atoms with Crippen molar-refractivity contribution in [3.63, 3.8) is 0 Å². The monoisotopic (exact) mass is 905 g/mol. The summed E-state index contributed by atoms with van der Waals surface area (Å²) >= 11 is 0. The lowest BCUT2D eigenvalue weighted by Gasteiger charge is -2.29. The number of rotatable bonds is 14. The second-order valence-electron chi connectivity index (χ2n) is 22.1. The molecular weight excluding hydrogens is 825 g/mol. The largest absolute Gasteiger partial charge is 0.493 e. The highest BCUT2D eigenvalue weighted by molar-refractivity contribution is 5.72. The molecular formula is C58H80O8. The summed E-state index contributed by atoms with van der Waals surface area (Å²) in [6, 6.07) is 18.2. The maximum Gasteiger partial charge on any atom is 0.344 e.